The number of amides is 1. The highest BCUT2D eigenvalue weighted by atomic mass is 35.5. The molecule has 0 radical (unpaired) electrons. The normalized spacial score (nSPS) is 17.6. The number of hydrogen-bond donors (Lipinski definition) is 0. The molecule has 1 aliphatic rings. The van der Waals surface area contributed by atoms with Crippen molar-refractivity contribution in [1.82, 2.24) is 4.90 Å². The number of carbonyl (C=O) groups excluding carboxylic acids is 1. The van der Waals surface area contributed by atoms with Crippen LogP contribution in [0.3, 0.4) is 0 Å². The van der Waals surface area contributed by atoms with Crippen LogP contribution in [0.1, 0.15) is 30.7 Å². The van der Waals surface area contributed by atoms with Gasteiger partial charge >= 0.3 is 0 Å². The van der Waals surface area contributed by atoms with Gasteiger partial charge in [-0.15, -0.1) is 11.6 Å². The molecule has 0 fully saturated rings. The number of halogens is 2. The van der Waals surface area contributed by atoms with Crippen LogP contribution in [0, 0.1) is 0 Å². The van der Waals surface area contributed by atoms with Crippen LogP contribution >= 0.6 is 23.2 Å². The van der Waals surface area contributed by atoms with Gasteiger partial charge in [0.1, 0.15) is 5.76 Å². The van der Waals surface area contributed by atoms with Crippen molar-refractivity contribution >= 4 is 29.1 Å². The maximum atomic E-state index is 13.1. The lowest BCUT2D eigenvalue weighted by Gasteiger charge is -2.37. The summed E-state index contributed by atoms with van der Waals surface area (Å²) in [6.07, 6.45) is 0.00856. The minimum absolute atomic E-state index is 0.0341. The van der Waals surface area contributed by atoms with Crippen LogP contribution in [-0.2, 0) is 16.1 Å². The molecule has 2 aromatic carbocycles. The molecule has 3 nitrogen and oxygen atoms in total. The molecule has 0 aliphatic carbocycles. The highest BCUT2D eigenvalue weighted by molar-refractivity contribution is 6.30. The van der Waals surface area contributed by atoms with Gasteiger partial charge in [-0.05, 0) is 31.0 Å². The van der Waals surface area contributed by atoms with Gasteiger partial charge in [0.15, 0.2) is 0 Å². The van der Waals surface area contributed by atoms with Gasteiger partial charge in [-0.3, -0.25) is 9.69 Å². The lowest BCUT2D eigenvalue weighted by Crippen LogP contribution is -2.40. The van der Waals surface area contributed by atoms with Gasteiger partial charge in [0.05, 0.1) is 5.57 Å². The number of ether oxygens (including phenoxy) is 1. The second-order valence-corrected chi connectivity index (χ2v) is 6.73. The Labute approximate surface area is 157 Å². The maximum Gasteiger partial charge on any atom is 0.256 e. The summed E-state index contributed by atoms with van der Waals surface area (Å²) in [5, 5.41) is 0.649. The minimum Gasteiger partial charge on any atom is -0.470 e. The maximum absolute atomic E-state index is 13.1. The van der Waals surface area contributed by atoms with E-state index in [2.05, 4.69) is 0 Å². The molecule has 130 valence electrons. The van der Waals surface area contributed by atoms with Gasteiger partial charge in [0.2, 0.25) is 6.23 Å². The summed E-state index contributed by atoms with van der Waals surface area (Å²) in [4.78, 5) is 14.8. The Balaban J connectivity index is 1.98. The van der Waals surface area contributed by atoms with Crippen LogP contribution in [0.25, 0.3) is 0 Å². The molecule has 3 rings (SSSR count). The molecule has 0 bridgehead atoms. The van der Waals surface area contributed by atoms with E-state index in [1.165, 1.54) is 0 Å². The number of allylic oxidation sites excluding steroid dienone is 1. The van der Waals surface area contributed by atoms with Gasteiger partial charge in [0.25, 0.3) is 5.91 Å². The number of hydrogen-bond acceptors (Lipinski definition) is 2. The summed E-state index contributed by atoms with van der Waals surface area (Å²) in [6, 6.07) is 17.3. The number of nitrogens with zero attached hydrogens (tertiary/aromatic N) is 1. The Kier molecular flexibility index (Phi) is 5.67. The molecule has 0 aromatic heterocycles. The molecule has 1 aliphatic heterocycles. The number of carbonyl (C=O) groups is 1. The molecule has 25 heavy (non-hydrogen) atoms. The Hall–Kier alpha value is -1.97. The van der Waals surface area contributed by atoms with Gasteiger partial charge in [0, 0.05) is 23.0 Å². The van der Waals surface area contributed by atoms with Gasteiger partial charge in [-0.1, -0.05) is 54.1 Å². The van der Waals surface area contributed by atoms with E-state index in [1.54, 1.807) is 17.0 Å². The zero-order valence-electron chi connectivity index (χ0n) is 13.9. The molecule has 0 saturated heterocycles. The Morgan fingerprint density at radius 2 is 1.76 bits per heavy atom. The zero-order chi connectivity index (χ0) is 17.8. The first-order valence-corrected chi connectivity index (χ1v) is 9.04. The quantitative estimate of drug-likeness (QED) is 0.663. The van der Waals surface area contributed by atoms with Crippen molar-refractivity contribution in [2.75, 3.05) is 5.88 Å². The van der Waals surface area contributed by atoms with Crippen molar-refractivity contribution in [3.63, 3.8) is 0 Å². The standard InChI is InChI=1S/C20H19Cl2NO2/c1-14-18(11-12-21)19(24)23(13-15-5-3-2-4-6-15)20(25-14)16-7-9-17(22)10-8-16/h2-10,20H,11-13H2,1H3. The number of rotatable bonds is 5. The first-order valence-electron chi connectivity index (χ1n) is 8.13. The Morgan fingerprint density at radius 3 is 2.40 bits per heavy atom. The van der Waals surface area contributed by atoms with E-state index < -0.39 is 6.23 Å². The average Bonchev–Trinajstić information content (AvgIpc) is 2.62. The molecule has 0 N–H and O–H groups in total. The van der Waals surface area contributed by atoms with Crippen molar-refractivity contribution < 1.29 is 9.53 Å². The third-order valence-electron chi connectivity index (χ3n) is 4.21. The third kappa shape index (κ3) is 4.00. The first kappa shape index (κ1) is 17.8. The predicted octanol–water partition coefficient (Wildman–Crippen LogP) is 5.30. The van der Waals surface area contributed by atoms with Crippen LogP contribution < -0.4 is 0 Å². The van der Waals surface area contributed by atoms with Crippen LogP contribution in [0.4, 0.5) is 0 Å². The molecular weight excluding hydrogens is 357 g/mol. The summed E-state index contributed by atoms with van der Waals surface area (Å²) in [5.41, 5.74) is 2.57. The summed E-state index contributed by atoms with van der Waals surface area (Å²) >= 11 is 11.9. The number of benzene rings is 2. The van der Waals surface area contributed by atoms with Gasteiger partial charge < -0.3 is 4.74 Å². The molecule has 0 saturated carbocycles. The highest BCUT2D eigenvalue weighted by Gasteiger charge is 2.34. The molecule has 0 spiro atoms. The van der Waals surface area contributed by atoms with Crippen molar-refractivity contribution in [1.29, 1.82) is 0 Å². The molecule has 1 heterocycles. The molecule has 1 amide bonds. The molecule has 1 atom stereocenters. The topological polar surface area (TPSA) is 29.5 Å². The van der Waals surface area contributed by atoms with E-state index in [9.17, 15) is 4.79 Å². The molecule has 5 heteroatoms. The average molecular weight is 376 g/mol. The van der Waals surface area contributed by atoms with Crippen LogP contribution in [0.2, 0.25) is 5.02 Å². The second kappa shape index (κ2) is 7.94. The van der Waals surface area contributed by atoms with Crippen molar-refractivity contribution in [3.8, 4) is 0 Å². The second-order valence-electron chi connectivity index (χ2n) is 5.91. The van der Waals surface area contributed by atoms with E-state index in [-0.39, 0.29) is 5.91 Å². The van der Waals surface area contributed by atoms with Gasteiger partial charge in [-0.25, -0.2) is 0 Å². The summed E-state index contributed by atoms with van der Waals surface area (Å²) in [5.74, 6) is 0.982. The van der Waals surface area contributed by atoms with Crippen LogP contribution in [0.5, 0.6) is 0 Å². The van der Waals surface area contributed by atoms with Crippen molar-refractivity contribution in [2.45, 2.75) is 26.1 Å². The van der Waals surface area contributed by atoms with E-state index >= 15 is 0 Å². The molecule has 1 unspecified atom stereocenters. The summed E-state index contributed by atoms with van der Waals surface area (Å²) in [7, 11) is 0. The minimum atomic E-state index is -0.482. The zero-order valence-corrected chi connectivity index (χ0v) is 15.4. The third-order valence-corrected chi connectivity index (χ3v) is 4.65. The van der Waals surface area contributed by atoms with E-state index in [4.69, 9.17) is 27.9 Å². The SMILES string of the molecule is CC1=C(CCCl)C(=O)N(Cc2ccccc2)C(c2ccc(Cl)cc2)O1. The molecular formula is C20H19Cl2NO2. The van der Waals surface area contributed by atoms with Crippen LogP contribution in [0.15, 0.2) is 65.9 Å². The Bertz CT molecular complexity index is 772. The van der Waals surface area contributed by atoms with Gasteiger partial charge in [-0.2, -0.15) is 0 Å². The predicted molar refractivity (Wildman–Crippen MR) is 100 cm³/mol. The van der Waals surface area contributed by atoms with Crippen molar-refractivity contribution in [2.24, 2.45) is 0 Å². The summed E-state index contributed by atoms with van der Waals surface area (Å²) < 4.78 is 6.12. The van der Waals surface area contributed by atoms with E-state index in [0.717, 1.165) is 11.1 Å². The smallest absolute Gasteiger partial charge is 0.256 e. The van der Waals surface area contributed by atoms with E-state index in [1.807, 2.05) is 49.4 Å². The lowest BCUT2D eigenvalue weighted by molar-refractivity contribution is -0.146. The Morgan fingerprint density at radius 1 is 1.08 bits per heavy atom. The molecule has 2 aromatic rings. The fourth-order valence-electron chi connectivity index (χ4n) is 2.92. The summed E-state index contributed by atoms with van der Waals surface area (Å²) in [6.45, 7) is 2.29. The monoisotopic (exact) mass is 375 g/mol. The lowest BCUT2D eigenvalue weighted by atomic mass is 10.0. The van der Waals surface area contributed by atoms with Crippen molar-refractivity contribution in [3.05, 3.63) is 82.1 Å². The largest absolute Gasteiger partial charge is 0.470 e. The van der Waals surface area contributed by atoms with Crippen LogP contribution in [-0.4, -0.2) is 16.7 Å². The number of alkyl halides is 1. The fraction of sp³-hybridized carbons (Fsp3) is 0.250. The highest BCUT2D eigenvalue weighted by Crippen LogP contribution is 2.35. The van der Waals surface area contributed by atoms with E-state index in [0.29, 0.717) is 35.2 Å². The first-order chi connectivity index (χ1) is 12.1. The fourth-order valence-corrected chi connectivity index (χ4v) is 3.24.